The van der Waals surface area contributed by atoms with Crippen molar-refractivity contribution in [2.75, 3.05) is 0 Å². The van der Waals surface area contributed by atoms with Gasteiger partial charge in [-0.2, -0.15) is 0 Å². The molecule has 1 saturated carbocycles. The van der Waals surface area contributed by atoms with Crippen LogP contribution in [0.15, 0.2) is 42.5 Å². The summed E-state index contributed by atoms with van der Waals surface area (Å²) >= 11 is 0. The maximum Gasteiger partial charge on any atom is 0.165 e. The Morgan fingerprint density at radius 3 is 2.48 bits per heavy atom. The van der Waals surface area contributed by atoms with Gasteiger partial charge in [-0.15, -0.1) is 0 Å². The van der Waals surface area contributed by atoms with Crippen LogP contribution in [0.3, 0.4) is 0 Å². The van der Waals surface area contributed by atoms with Gasteiger partial charge in [0.05, 0.1) is 5.60 Å². The standard InChI is InChI=1S/C18H19FO2/c1-13-9-15(11-18(20)7-8-18)10-16(19)17(13)21-12-14-5-3-2-4-6-14/h2-6,9-10,20H,7-8,11-12H2,1H3. The largest absolute Gasteiger partial charge is 0.486 e. The second-order valence-electron chi connectivity index (χ2n) is 5.90. The van der Waals surface area contributed by atoms with Crippen LogP contribution in [-0.2, 0) is 13.0 Å². The highest BCUT2D eigenvalue weighted by Gasteiger charge is 2.40. The van der Waals surface area contributed by atoms with Crippen LogP contribution >= 0.6 is 0 Å². The van der Waals surface area contributed by atoms with E-state index in [0.29, 0.717) is 18.8 Å². The number of hydrogen-bond donors (Lipinski definition) is 1. The first-order valence-corrected chi connectivity index (χ1v) is 7.24. The Hall–Kier alpha value is -1.87. The molecule has 1 aliphatic carbocycles. The van der Waals surface area contributed by atoms with Gasteiger partial charge in [0.2, 0.25) is 0 Å². The highest BCUT2D eigenvalue weighted by Crippen LogP contribution is 2.39. The van der Waals surface area contributed by atoms with E-state index >= 15 is 0 Å². The second kappa shape index (κ2) is 5.49. The number of aryl methyl sites for hydroxylation is 1. The van der Waals surface area contributed by atoms with Crippen LogP contribution in [0.2, 0.25) is 0 Å². The van der Waals surface area contributed by atoms with Crippen molar-refractivity contribution in [2.45, 2.75) is 38.4 Å². The van der Waals surface area contributed by atoms with Crippen LogP contribution < -0.4 is 4.74 Å². The fourth-order valence-corrected chi connectivity index (χ4v) is 2.52. The van der Waals surface area contributed by atoms with Crippen molar-refractivity contribution in [2.24, 2.45) is 0 Å². The van der Waals surface area contributed by atoms with Gasteiger partial charge in [-0.25, -0.2) is 4.39 Å². The first kappa shape index (κ1) is 14.1. The minimum atomic E-state index is -0.606. The molecule has 0 aliphatic heterocycles. The van der Waals surface area contributed by atoms with Crippen molar-refractivity contribution < 1.29 is 14.2 Å². The van der Waals surface area contributed by atoms with E-state index < -0.39 is 5.60 Å². The number of benzene rings is 2. The zero-order valence-corrected chi connectivity index (χ0v) is 12.1. The highest BCUT2D eigenvalue weighted by atomic mass is 19.1. The second-order valence-corrected chi connectivity index (χ2v) is 5.90. The normalized spacial score (nSPS) is 15.8. The van der Waals surface area contributed by atoms with Crippen LogP contribution in [0.4, 0.5) is 4.39 Å². The Morgan fingerprint density at radius 2 is 1.86 bits per heavy atom. The Morgan fingerprint density at radius 1 is 1.14 bits per heavy atom. The molecule has 21 heavy (non-hydrogen) atoms. The third-order valence-corrected chi connectivity index (χ3v) is 3.88. The molecule has 110 valence electrons. The smallest absolute Gasteiger partial charge is 0.165 e. The summed E-state index contributed by atoms with van der Waals surface area (Å²) < 4.78 is 19.8. The van der Waals surface area contributed by atoms with Gasteiger partial charge >= 0.3 is 0 Å². The third kappa shape index (κ3) is 3.42. The highest BCUT2D eigenvalue weighted by molar-refractivity contribution is 5.39. The van der Waals surface area contributed by atoms with Gasteiger partial charge in [0, 0.05) is 6.42 Å². The van der Waals surface area contributed by atoms with Crippen molar-refractivity contribution in [3.05, 3.63) is 65.0 Å². The van der Waals surface area contributed by atoms with Crippen LogP contribution in [0, 0.1) is 12.7 Å². The van der Waals surface area contributed by atoms with E-state index in [1.165, 1.54) is 6.07 Å². The van der Waals surface area contributed by atoms with E-state index in [1.54, 1.807) is 0 Å². The Balaban J connectivity index is 1.73. The molecule has 0 saturated heterocycles. The van der Waals surface area contributed by atoms with E-state index in [2.05, 4.69) is 0 Å². The van der Waals surface area contributed by atoms with Gasteiger partial charge in [-0.05, 0) is 42.5 Å². The summed E-state index contributed by atoms with van der Waals surface area (Å²) in [6, 6.07) is 13.1. The average Bonchev–Trinajstić information content (AvgIpc) is 3.16. The fourth-order valence-electron chi connectivity index (χ4n) is 2.52. The molecule has 1 fully saturated rings. The molecular weight excluding hydrogens is 267 g/mol. The fraction of sp³-hybridized carbons (Fsp3) is 0.333. The van der Waals surface area contributed by atoms with Crippen molar-refractivity contribution in [1.82, 2.24) is 0 Å². The molecule has 3 rings (SSSR count). The third-order valence-electron chi connectivity index (χ3n) is 3.88. The Labute approximate surface area is 124 Å². The summed E-state index contributed by atoms with van der Waals surface area (Å²) in [5.41, 5.74) is 2.00. The summed E-state index contributed by atoms with van der Waals surface area (Å²) in [5, 5.41) is 9.93. The van der Waals surface area contributed by atoms with Crippen LogP contribution in [0.5, 0.6) is 5.75 Å². The first-order chi connectivity index (χ1) is 10.1. The Kier molecular flexibility index (Phi) is 3.68. The lowest BCUT2D eigenvalue weighted by Gasteiger charge is -2.14. The number of rotatable bonds is 5. The van der Waals surface area contributed by atoms with Crippen molar-refractivity contribution in [1.29, 1.82) is 0 Å². The van der Waals surface area contributed by atoms with Crippen LogP contribution in [-0.4, -0.2) is 10.7 Å². The average molecular weight is 286 g/mol. The number of halogens is 1. The van der Waals surface area contributed by atoms with Crippen molar-refractivity contribution in [3.8, 4) is 5.75 Å². The van der Waals surface area contributed by atoms with Gasteiger partial charge in [0.15, 0.2) is 11.6 Å². The van der Waals surface area contributed by atoms with Gasteiger partial charge in [-0.1, -0.05) is 36.4 Å². The van der Waals surface area contributed by atoms with E-state index in [4.69, 9.17) is 4.74 Å². The lowest BCUT2D eigenvalue weighted by Crippen LogP contribution is -2.11. The molecule has 2 aromatic carbocycles. The molecule has 0 spiro atoms. The van der Waals surface area contributed by atoms with Crippen molar-refractivity contribution >= 4 is 0 Å². The molecule has 0 amide bonds. The van der Waals surface area contributed by atoms with Gasteiger partial charge in [0.25, 0.3) is 0 Å². The molecule has 0 unspecified atom stereocenters. The lowest BCUT2D eigenvalue weighted by atomic mass is 10.0. The molecule has 0 radical (unpaired) electrons. The molecule has 2 aromatic rings. The predicted molar refractivity (Wildman–Crippen MR) is 79.8 cm³/mol. The molecule has 0 atom stereocenters. The topological polar surface area (TPSA) is 29.5 Å². The molecule has 2 nitrogen and oxygen atoms in total. The molecule has 1 N–H and O–H groups in total. The van der Waals surface area contributed by atoms with Crippen LogP contribution in [0.25, 0.3) is 0 Å². The molecule has 0 aromatic heterocycles. The van der Waals surface area contributed by atoms with E-state index in [9.17, 15) is 9.50 Å². The minimum absolute atomic E-state index is 0.297. The zero-order valence-electron chi connectivity index (χ0n) is 12.1. The molecule has 1 aliphatic rings. The van der Waals surface area contributed by atoms with Gasteiger partial charge in [-0.3, -0.25) is 0 Å². The number of hydrogen-bond acceptors (Lipinski definition) is 2. The molecule has 0 bridgehead atoms. The van der Waals surface area contributed by atoms with E-state index in [1.807, 2.05) is 43.3 Å². The SMILES string of the molecule is Cc1cc(CC2(O)CC2)cc(F)c1OCc1ccccc1. The van der Waals surface area contributed by atoms with Crippen molar-refractivity contribution in [3.63, 3.8) is 0 Å². The molecule has 3 heteroatoms. The summed E-state index contributed by atoms with van der Waals surface area (Å²) in [4.78, 5) is 0. The maximum absolute atomic E-state index is 14.2. The van der Waals surface area contributed by atoms with E-state index in [0.717, 1.165) is 29.5 Å². The molecular formula is C18H19FO2. The predicted octanol–water partition coefficient (Wildman–Crippen LogP) is 3.78. The maximum atomic E-state index is 14.2. The minimum Gasteiger partial charge on any atom is -0.486 e. The number of aliphatic hydroxyl groups is 1. The summed E-state index contributed by atoms with van der Waals surface area (Å²) in [6.07, 6.45) is 2.13. The first-order valence-electron chi connectivity index (χ1n) is 7.24. The zero-order chi connectivity index (χ0) is 14.9. The quantitative estimate of drug-likeness (QED) is 0.906. The summed E-state index contributed by atoms with van der Waals surface area (Å²) in [6.45, 7) is 2.19. The lowest BCUT2D eigenvalue weighted by molar-refractivity contribution is 0.151. The summed E-state index contributed by atoms with van der Waals surface area (Å²) in [5.74, 6) is -0.0597. The van der Waals surface area contributed by atoms with Crippen LogP contribution in [0.1, 0.15) is 29.5 Å². The molecule has 0 heterocycles. The number of ether oxygens (including phenoxy) is 1. The summed E-state index contributed by atoms with van der Waals surface area (Å²) in [7, 11) is 0. The monoisotopic (exact) mass is 286 g/mol. The van der Waals surface area contributed by atoms with E-state index in [-0.39, 0.29) is 5.82 Å². The Bertz CT molecular complexity index is 610. The van der Waals surface area contributed by atoms with Gasteiger partial charge < -0.3 is 9.84 Å². The van der Waals surface area contributed by atoms with Gasteiger partial charge in [0.1, 0.15) is 6.61 Å².